The van der Waals surface area contributed by atoms with Crippen molar-refractivity contribution >= 4 is 23.1 Å². The third-order valence-corrected chi connectivity index (χ3v) is 3.86. The Morgan fingerprint density at radius 3 is 2.50 bits per heavy atom. The van der Waals surface area contributed by atoms with E-state index in [9.17, 15) is 4.79 Å². The van der Waals surface area contributed by atoms with Gasteiger partial charge in [0.25, 0.3) is 0 Å². The van der Waals surface area contributed by atoms with Gasteiger partial charge in [0.05, 0.1) is 5.69 Å². The molecule has 134 valence electrons. The van der Waals surface area contributed by atoms with Crippen LogP contribution < -0.4 is 5.32 Å². The highest BCUT2D eigenvalue weighted by Gasteiger charge is 2.15. The van der Waals surface area contributed by atoms with E-state index in [2.05, 4.69) is 34.6 Å². The number of hydrogen-bond donors (Lipinski definition) is 2. The predicted octanol–water partition coefficient (Wildman–Crippen LogP) is 5.37. The van der Waals surface area contributed by atoms with Gasteiger partial charge in [-0.2, -0.15) is 0 Å². The number of amides is 1. The average molecular weight is 348 g/mol. The van der Waals surface area contributed by atoms with Gasteiger partial charge in [-0.15, -0.1) is 0 Å². The van der Waals surface area contributed by atoms with Crippen LogP contribution in [0.4, 0.5) is 4.79 Å². The van der Waals surface area contributed by atoms with Crippen LogP contribution in [0.2, 0.25) is 0 Å². The molecule has 0 fully saturated rings. The first kappa shape index (κ1) is 17.8. The van der Waals surface area contributed by atoms with E-state index in [1.165, 1.54) is 0 Å². The number of hydrogen-bond acceptors (Lipinski definition) is 2. The Balaban J connectivity index is 1.82. The first-order valence-corrected chi connectivity index (χ1v) is 8.73. The fourth-order valence-electron chi connectivity index (χ4n) is 2.80. The van der Waals surface area contributed by atoms with Gasteiger partial charge in [0, 0.05) is 23.0 Å². The fourth-order valence-corrected chi connectivity index (χ4v) is 2.80. The van der Waals surface area contributed by atoms with Crippen molar-refractivity contribution in [2.24, 2.45) is 0 Å². The quantitative estimate of drug-likeness (QED) is 0.666. The lowest BCUT2D eigenvalue weighted by Gasteiger charge is -2.19. The van der Waals surface area contributed by atoms with Crippen LogP contribution in [-0.2, 0) is 4.74 Å². The molecule has 0 saturated carbocycles. The molecule has 0 bridgehead atoms. The Hall–Kier alpha value is -3.01. The second kappa shape index (κ2) is 7.48. The summed E-state index contributed by atoms with van der Waals surface area (Å²) in [6.07, 6.45) is 3.56. The Labute approximate surface area is 153 Å². The lowest BCUT2D eigenvalue weighted by Crippen LogP contribution is -2.32. The Morgan fingerprint density at radius 2 is 1.77 bits per heavy atom. The van der Waals surface area contributed by atoms with Gasteiger partial charge in [0.2, 0.25) is 0 Å². The molecule has 1 heterocycles. The van der Waals surface area contributed by atoms with E-state index in [0.717, 1.165) is 27.7 Å². The van der Waals surface area contributed by atoms with Gasteiger partial charge in [-0.1, -0.05) is 60.7 Å². The number of para-hydroxylation sites is 1. The van der Waals surface area contributed by atoms with Crippen LogP contribution in [0.1, 0.15) is 26.3 Å². The van der Waals surface area contributed by atoms with Crippen molar-refractivity contribution in [3.8, 4) is 11.3 Å². The molecule has 3 rings (SSSR count). The molecule has 2 N–H and O–H groups in total. The predicted molar refractivity (Wildman–Crippen MR) is 107 cm³/mol. The number of nitrogens with one attached hydrogen (secondary N) is 2. The van der Waals surface area contributed by atoms with Crippen molar-refractivity contribution in [1.29, 1.82) is 0 Å². The van der Waals surface area contributed by atoms with E-state index < -0.39 is 11.7 Å². The third-order valence-electron chi connectivity index (χ3n) is 3.86. The molecule has 4 heteroatoms. The van der Waals surface area contributed by atoms with Gasteiger partial charge in [-0.05, 0) is 32.4 Å². The zero-order valence-corrected chi connectivity index (χ0v) is 15.4. The molecule has 0 aliphatic rings. The van der Waals surface area contributed by atoms with E-state index in [1.54, 1.807) is 0 Å². The summed E-state index contributed by atoms with van der Waals surface area (Å²) >= 11 is 0. The van der Waals surface area contributed by atoms with Crippen LogP contribution in [0.25, 0.3) is 28.2 Å². The van der Waals surface area contributed by atoms with Gasteiger partial charge in [0.15, 0.2) is 0 Å². The Kier molecular flexibility index (Phi) is 5.12. The van der Waals surface area contributed by atoms with Crippen molar-refractivity contribution in [1.82, 2.24) is 10.3 Å². The number of aromatic amines is 1. The van der Waals surface area contributed by atoms with Crippen LogP contribution in [0.15, 0.2) is 60.7 Å². The monoisotopic (exact) mass is 348 g/mol. The molecule has 0 aliphatic carbocycles. The minimum atomic E-state index is -0.495. The summed E-state index contributed by atoms with van der Waals surface area (Å²) in [4.78, 5) is 15.2. The average Bonchev–Trinajstić information content (AvgIpc) is 2.97. The molecule has 26 heavy (non-hydrogen) atoms. The largest absolute Gasteiger partial charge is 0.444 e. The number of benzene rings is 2. The standard InChI is InChI=1S/C22H24N2O2/c1-22(2,3)26-21(25)23-15-9-13-18-17-12-7-8-14-19(17)24-20(18)16-10-5-4-6-11-16/h4-14,24H,15H2,1-3H3,(H,23,25). The van der Waals surface area contributed by atoms with Crippen LogP contribution in [-0.4, -0.2) is 23.2 Å². The van der Waals surface area contributed by atoms with E-state index in [0.29, 0.717) is 6.54 Å². The summed E-state index contributed by atoms with van der Waals surface area (Å²) in [6.45, 7) is 5.95. The molecule has 4 nitrogen and oxygen atoms in total. The van der Waals surface area contributed by atoms with Crippen LogP contribution in [0, 0.1) is 0 Å². The molecule has 0 spiro atoms. The van der Waals surface area contributed by atoms with E-state index in [4.69, 9.17) is 4.74 Å². The van der Waals surface area contributed by atoms with Crippen molar-refractivity contribution < 1.29 is 9.53 Å². The SMILES string of the molecule is CC(C)(C)OC(=O)NCC=Cc1c(-c2ccccc2)[nH]c2ccccc12. The molecule has 0 aliphatic heterocycles. The Bertz CT molecular complexity index is 918. The van der Waals surface area contributed by atoms with Crippen molar-refractivity contribution in [3.63, 3.8) is 0 Å². The molecule has 3 aromatic rings. The van der Waals surface area contributed by atoms with Gasteiger partial charge in [0.1, 0.15) is 5.60 Å². The molecule has 1 amide bonds. The van der Waals surface area contributed by atoms with E-state index in [-0.39, 0.29) is 0 Å². The lowest BCUT2D eigenvalue weighted by atomic mass is 10.0. The molecular formula is C22H24N2O2. The summed E-state index contributed by atoms with van der Waals surface area (Å²) in [5, 5.41) is 3.90. The third kappa shape index (κ3) is 4.33. The number of ether oxygens (including phenoxy) is 1. The lowest BCUT2D eigenvalue weighted by molar-refractivity contribution is 0.0534. The number of aromatic nitrogens is 1. The first-order valence-electron chi connectivity index (χ1n) is 8.73. The van der Waals surface area contributed by atoms with Gasteiger partial charge in [-0.25, -0.2) is 4.79 Å². The summed E-state index contributed by atoms with van der Waals surface area (Å²) in [5.74, 6) is 0. The molecule has 1 aromatic heterocycles. The fraction of sp³-hybridized carbons (Fsp3) is 0.227. The smallest absolute Gasteiger partial charge is 0.407 e. The van der Waals surface area contributed by atoms with Gasteiger partial charge in [-0.3, -0.25) is 0 Å². The maximum atomic E-state index is 11.7. The van der Waals surface area contributed by atoms with Crippen molar-refractivity contribution in [2.75, 3.05) is 6.54 Å². The molecular weight excluding hydrogens is 324 g/mol. The van der Waals surface area contributed by atoms with Crippen LogP contribution in [0.3, 0.4) is 0 Å². The van der Waals surface area contributed by atoms with Crippen molar-refractivity contribution in [2.45, 2.75) is 26.4 Å². The molecule has 0 unspecified atom stereocenters. The molecule has 0 saturated heterocycles. The van der Waals surface area contributed by atoms with E-state index in [1.807, 2.05) is 63.3 Å². The summed E-state index contributed by atoms with van der Waals surface area (Å²) in [7, 11) is 0. The maximum absolute atomic E-state index is 11.7. The zero-order valence-electron chi connectivity index (χ0n) is 15.4. The number of H-pyrrole nitrogens is 1. The van der Waals surface area contributed by atoms with Crippen LogP contribution >= 0.6 is 0 Å². The topological polar surface area (TPSA) is 54.1 Å². The molecule has 2 aromatic carbocycles. The number of carbonyl (C=O) groups excluding carboxylic acids is 1. The molecule has 0 radical (unpaired) electrons. The summed E-state index contributed by atoms with van der Waals surface area (Å²) < 4.78 is 5.25. The first-order chi connectivity index (χ1) is 12.4. The number of fused-ring (bicyclic) bond motifs is 1. The molecule has 0 atom stereocenters. The number of alkyl carbamates (subject to hydrolysis) is 1. The number of rotatable bonds is 4. The normalized spacial score (nSPS) is 11.8. The Morgan fingerprint density at radius 1 is 1.08 bits per heavy atom. The van der Waals surface area contributed by atoms with Gasteiger partial charge >= 0.3 is 6.09 Å². The minimum absolute atomic E-state index is 0.405. The second-order valence-corrected chi connectivity index (χ2v) is 7.11. The summed E-state index contributed by atoms with van der Waals surface area (Å²) in [5.41, 5.74) is 3.90. The second-order valence-electron chi connectivity index (χ2n) is 7.11. The highest BCUT2D eigenvalue weighted by molar-refractivity contribution is 5.96. The summed E-state index contributed by atoms with van der Waals surface area (Å²) in [6, 6.07) is 18.4. The highest BCUT2D eigenvalue weighted by atomic mass is 16.6. The number of carbonyl (C=O) groups is 1. The maximum Gasteiger partial charge on any atom is 0.407 e. The minimum Gasteiger partial charge on any atom is -0.444 e. The van der Waals surface area contributed by atoms with Gasteiger partial charge < -0.3 is 15.0 Å². The highest BCUT2D eigenvalue weighted by Crippen LogP contribution is 2.31. The van der Waals surface area contributed by atoms with Crippen molar-refractivity contribution in [3.05, 3.63) is 66.2 Å². The van der Waals surface area contributed by atoms with Crippen LogP contribution in [0.5, 0.6) is 0 Å². The van der Waals surface area contributed by atoms with E-state index >= 15 is 0 Å². The zero-order chi connectivity index (χ0) is 18.6.